The first-order valence-electron chi connectivity index (χ1n) is 8.80. The highest BCUT2D eigenvalue weighted by Crippen LogP contribution is 2.35. The normalized spacial score (nSPS) is 24.2. The average molecular weight is 372 g/mol. The van der Waals surface area contributed by atoms with Gasteiger partial charge in [0.15, 0.2) is 17.5 Å². The average Bonchev–Trinajstić information content (AvgIpc) is 2.62. The number of amides is 1. The van der Waals surface area contributed by atoms with Crippen LogP contribution < -0.4 is 0 Å². The molecule has 0 aliphatic carbocycles. The number of carbonyl (C=O) groups excluding carboxylic acids is 1. The molecule has 144 valence electrons. The van der Waals surface area contributed by atoms with E-state index in [0.29, 0.717) is 6.07 Å². The third-order valence-electron chi connectivity index (χ3n) is 5.48. The number of nitrogens with zero attached hydrogens (tertiary/aromatic N) is 2. The zero-order valence-corrected chi connectivity index (χ0v) is 14.6. The van der Waals surface area contributed by atoms with Crippen LogP contribution in [0.2, 0.25) is 0 Å². The molecular weight excluding hydrogens is 349 g/mol. The fourth-order valence-corrected chi connectivity index (χ4v) is 3.99. The lowest BCUT2D eigenvalue weighted by Crippen LogP contribution is -2.73. The standard InChI is InChI=1S/C18H23F3N2O3/c1-11(8-24)23-7-3-2-4-14(23)18(26)9-22(10-18)17(25)12-5-6-13(19)16(21)15(12)20/h5-6,11,14,24,26H,2-4,7-10H2,1H3. The Kier molecular flexibility index (Phi) is 5.28. The Balaban J connectivity index is 1.72. The highest BCUT2D eigenvalue weighted by Gasteiger charge is 2.52. The van der Waals surface area contributed by atoms with Crippen molar-refractivity contribution in [1.29, 1.82) is 0 Å². The molecule has 0 radical (unpaired) electrons. The van der Waals surface area contributed by atoms with E-state index in [2.05, 4.69) is 0 Å². The molecule has 1 aromatic carbocycles. The van der Waals surface area contributed by atoms with Gasteiger partial charge in [0.05, 0.1) is 25.3 Å². The molecule has 2 unspecified atom stereocenters. The van der Waals surface area contributed by atoms with Gasteiger partial charge in [0, 0.05) is 12.1 Å². The molecule has 0 spiro atoms. The van der Waals surface area contributed by atoms with E-state index >= 15 is 0 Å². The molecule has 8 heteroatoms. The van der Waals surface area contributed by atoms with E-state index in [0.717, 1.165) is 31.9 Å². The number of aliphatic hydroxyl groups is 2. The van der Waals surface area contributed by atoms with Crippen LogP contribution in [0.25, 0.3) is 0 Å². The number of likely N-dealkylation sites (tertiary alicyclic amines) is 2. The first kappa shape index (κ1) is 19.1. The van der Waals surface area contributed by atoms with Crippen molar-refractivity contribution in [3.8, 4) is 0 Å². The Morgan fingerprint density at radius 2 is 1.96 bits per heavy atom. The van der Waals surface area contributed by atoms with E-state index in [1.54, 1.807) is 0 Å². The van der Waals surface area contributed by atoms with Gasteiger partial charge in [0.1, 0.15) is 5.60 Å². The Morgan fingerprint density at radius 1 is 1.27 bits per heavy atom. The summed E-state index contributed by atoms with van der Waals surface area (Å²) in [7, 11) is 0. The third kappa shape index (κ3) is 3.21. The molecule has 2 fully saturated rings. The quantitative estimate of drug-likeness (QED) is 0.787. The first-order chi connectivity index (χ1) is 12.3. The molecule has 0 bridgehead atoms. The van der Waals surface area contributed by atoms with E-state index in [9.17, 15) is 28.2 Å². The SMILES string of the molecule is CC(CO)N1CCCCC1C1(O)CN(C(=O)c2ccc(F)c(F)c2F)C1. The minimum absolute atomic E-state index is 0.0103. The van der Waals surface area contributed by atoms with E-state index in [4.69, 9.17) is 0 Å². The summed E-state index contributed by atoms with van der Waals surface area (Å²) in [5.41, 5.74) is -1.70. The smallest absolute Gasteiger partial charge is 0.257 e. The number of aliphatic hydroxyl groups excluding tert-OH is 1. The van der Waals surface area contributed by atoms with Crippen molar-refractivity contribution in [2.75, 3.05) is 26.2 Å². The lowest BCUT2D eigenvalue weighted by Gasteiger charge is -2.55. The Morgan fingerprint density at radius 3 is 2.62 bits per heavy atom. The molecule has 2 aliphatic rings. The highest BCUT2D eigenvalue weighted by molar-refractivity contribution is 5.95. The Labute approximate surface area is 150 Å². The molecule has 2 N–H and O–H groups in total. The Hall–Kier alpha value is -1.64. The minimum Gasteiger partial charge on any atom is -0.395 e. The van der Waals surface area contributed by atoms with Gasteiger partial charge >= 0.3 is 0 Å². The predicted molar refractivity (Wildman–Crippen MR) is 88.1 cm³/mol. The van der Waals surface area contributed by atoms with Crippen molar-refractivity contribution < 1.29 is 28.2 Å². The first-order valence-corrected chi connectivity index (χ1v) is 8.80. The second-order valence-corrected chi connectivity index (χ2v) is 7.27. The largest absolute Gasteiger partial charge is 0.395 e. The number of hydrogen-bond acceptors (Lipinski definition) is 4. The second kappa shape index (κ2) is 7.17. The Bertz CT molecular complexity index is 695. The molecule has 1 aromatic rings. The van der Waals surface area contributed by atoms with Crippen LogP contribution in [-0.4, -0.2) is 69.8 Å². The fourth-order valence-electron chi connectivity index (χ4n) is 3.99. The van der Waals surface area contributed by atoms with E-state index in [-0.39, 0.29) is 31.8 Å². The fraction of sp³-hybridized carbons (Fsp3) is 0.611. The molecule has 2 aliphatic heterocycles. The second-order valence-electron chi connectivity index (χ2n) is 7.27. The summed E-state index contributed by atoms with van der Waals surface area (Å²) in [5, 5.41) is 20.4. The zero-order valence-electron chi connectivity index (χ0n) is 14.6. The minimum atomic E-state index is -1.68. The summed E-state index contributed by atoms with van der Waals surface area (Å²) in [5.74, 6) is -5.32. The number of halogens is 3. The van der Waals surface area contributed by atoms with Crippen LogP contribution in [-0.2, 0) is 0 Å². The highest BCUT2D eigenvalue weighted by atomic mass is 19.2. The van der Waals surface area contributed by atoms with E-state index < -0.39 is 34.5 Å². The number of piperidine rings is 1. The predicted octanol–water partition coefficient (Wildman–Crippen LogP) is 1.53. The van der Waals surface area contributed by atoms with E-state index in [1.165, 1.54) is 4.90 Å². The van der Waals surface area contributed by atoms with Crippen molar-refractivity contribution in [2.45, 2.75) is 43.9 Å². The van der Waals surface area contributed by atoms with Gasteiger partial charge in [-0.3, -0.25) is 9.69 Å². The van der Waals surface area contributed by atoms with Gasteiger partial charge in [-0.1, -0.05) is 6.42 Å². The van der Waals surface area contributed by atoms with Gasteiger partial charge in [-0.05, 0) is 38.4 Å². The van der Waals surface area contributed by atoms with Gasteiger partial charge < -0.3 is 15.1 Å². The summed E-state index contributed by atoms with van der Waals surface area (Å²) in [6, 6.07) is 1.30. The van der Waals surface area contributed by atoms with Crippen molar-refractivity contribution in [2.24, 2.45) is 0 Å². The summed E-state index contributed by atoms with van der Waals surface area (Å²) >= 11 is 0. The van der Waals surface area contributed by atoms with Gasteiger partial charge in [0.25, 0.3) is 5.91 Å². The van der Waals surface area contributed by atoms with Crippen LogP contribution in [0.5, 0.6) is 0 Å². The van der Waals surface area contributed by atoms with Crippen molar-refractivity contribution in [3.05, 3.63) is 35.1 Å². The third-order valence-corrected chi connectivity index (χ3v) is 5.48. The molecular formula is C18H23F3N2O3. The van der Waals surface area contributed by atoms with Crippen molar-refractivity contribution in [3.63, 3.8) is 0 Å². The van der Waals surface area contributed by atoms with Crippen LogP contribution in [0, 0.1) is 17.5 Å². The molecule has 26 heavy (non-hydrogen) atoms. The molecule has 1 amide bonds. The molecule has 2 saturated heterocycles. The molecule has 5 nitrogen and oxygen atoms in total. The van der Waals surface area contributed by atoms with Gasteiger partial charge in [-0.15, -0.1) is 0 Å². The van der Waals surface area contributed by atoms with Crippen molar-refractivity contribution in [1.82, 2.24) is 9.80 Å². The zero-order chi connectivity index (χ0) is 19.1. The molecule has 0 aromatic heterocycles. The monoisotopic (exact) mass is 372 g/mol. The number of benzene rings is 1. The maximum Gasteiger partial charge on any atom is 0.257 e. The van der Waals surface area contributed by atoms with Crippen LogP contribution in [0.3, 0.4) is 0 Å². The van der Waals surface area contributed by atoms with Crippen LogP contribution in [0.1, 0.15) is 36.5 Å². The van der Waals surface area contributed by atoms with Crippen LogP contribution in [0.4, 0.5) is 13.2 Å². The lowest BCUT2D eigenvalue weighted by atomic mass is 9.79. The maximum absolute atomic E-state index is 13.8. The number of hydrogen-bond donors (Lipinski definition) is 2. The lowest BCUT2D eigenvalue weighted by molar-refractivity contribution is -0.148. The molecule has 2 atom stereocenters. The number of rotatable bonds is 4. The van der Waals surface area contributed by atoms with E-state index in [1.807, 2.05) is 11.8 Å². The van der Waals surface area contributed by atoms with Gasteiger partial charge in [-0.25, -0.2) is 13.2 Å². The molecule has 0 saturated carbocycles. The molecule has 3 rings (SSSR count). The summed E-state index contributed by atoms with van der Waals surface area (Å²) in [4.78, 5) is 15.7. The topological polar surface area (TPSA) is 64.0 Å². The number of carbonyl (C=O) groups is 1. The van der Waals surface area contributed by atoms with Crippen LogP contribution >= 0.6 is 0 Å². The van der Waals surface area contributed by atoms with Gasteiger partial charge in [0.2, 0.25) is 0 Å². The maximum atomic E-state index is 13.8. The molecule has 2 heterocycles. The summed E-state index contributed by atoms with van der Waals surface area (Å²) in [6.07, 6.45) is 2.65. The summed E-state index contributed by atoms with van der Waals surface area (Å²) in [6.45, 7) is 2.57. The summed E-state index contributed by atoms with van der Waals surface area (Å²) < 4.78 is 40.2. The van der Waals surface area contributed by atoms with Crippen LogP contribution in [0.15, 0.2) is 12.1 Å². The van der Waals surface area contributed by atoms with Crippen molar-refractivity contribution >= 4 is 5.91 Å². The number of β-amino-alcohol motifs (C(OH)–C–C–N with tert-alkyl or cyclic N) is 1. The van der Waals surface area contributed by atoms with Gasteiger partial charge in [-0.2, -0.15) is 0 Å².